The van der Waals surface area contributed by atoms with Crippen LogP contribution in [-0.2, 0) is 9.53 Å². The van der Waals surface area contributed by atoms with Crippen LogP contribution in [0.5, 0.6) is 0 Å². The van der Waals surface area contributed by atoms with E-state index < -0.39 is 11.9 Å². The van der Waals surface area contributed by atoms with E-state index in [0.29, 0.717) is 11.4 Å². The molecule has 0 aliphatic rings. The normalized spacial score (nSPS) is 9.83. The minimum atomic E-state index is -0.516. The third-order valence-electron chi connectivity index (χ3n) is 2.88. The molecule has 1 aromatic heterocycles. The molecule has 0 saturated carbocycles. The highest BCUT2D eigenvalue weighted by Crippen LogP contribution is 2.14. The van der Waals surface area contributed by atoms with Gasteiger partial charge in [0.25, 0.3) is 5.91 Å². The highest BCUT2D eigenvalue weighted by molar-refractivity contribution is 6.03. The van der Waals surface area contributed by atoms with Gasteiger partial charge in [-0.25, -0.2) is 4.79 Å². The number of esters is 1. The van der Waals surface area contributed by atoms with Crippen LogP contribution in [0.4, 0.5) is 11.4 Å². The summed E-state index contributed by atoms with van der Waals surface area (Å²) in [6, 6.07) is 9.56. The summed E-state index contributed by atoms with van der Waals surface area (Å²) in [4.78, 5) is 38.2. The molecule has 0 atom stereocenters. The Kier molecular flexibility index (Phi) is 5.03. The molecule has 0 aliphatic heterocycles. The van der Waals surface area contributed by atoms with Crippen molar-refractivity contribution in [3.8, 4) is 0 Å². The molecule has 0 aliphatic carbocycles. The summed E-state index contributed by atoms with van der Waals surface area (Å²) in [5, 5.41) is 5.30. The Balaban J connectivity index is 2.03. The second-order valence-corrected chi connectivity index (χ2v) is 4.64. The van der Waals surface area contributed by atoms with Gasteiger partial charge >= 0.3 is 5.97 Å². The number of methoxy groups -OCH3 is 1. The first kappa shape index (κ1) is 16.2. The van der Waals surface area contributed by atoms with Gasteiger partial charge in [-0.2, -0.15) is 0 Å². The largest absolute Gasteiger partial charge is 0.465 e. The van der Waals surface area contributed by atoms with Gasteiger partial charge in [-0.1, -0.05) is 0 Å². The van der Waals surface area contributed by atoms with Crippen molar-refractivity contribution in [1.82, 2.24) is 4.98 Å². The molecular formula is C16H15N3O4. The monoisotopic (exact) mass is 313 g/mol. The molecule has 0 radical (unpaired) electrons. The fourth-order valence-electron chi connectivity index (χ4n) is 1.80. The number of hydrogen-bond donors (Lipinski definition) is 2. The quantitative estimate of drug-likeness (QED) is 0.842. The topological polar surface area (TPSA) is 97.4 Å². The predicted molar refractivity (Wildman–Crippen MR) is 84.3 cm³/mol. The van der Waals surface area contributed by atoms with Gasteiger partial charge in [0, 0.05) is 24.5 Å². The summed E-state index contributed by atoms with van der Waals surface area (Å²) in [5.41, 5.74) is 1.63. The minimum absolute atomic E-state index is 0.170. The zero-order valence-corrected chi connectivity index (χ0v) is 12.6. The van der Waals surface area contributed by atoms with Gasteiger partial charge in [-0.3, -0.25) is 14.6 Å². The first-order chi connectivity index (χ1) is 11.0. The van der Waals surface area contributed by atoms with Crippen LogP contribution < -0.4 is 10.6 Å². The van der Waals surface area contributed by atoms with Crippen LogP contribution in [0.2, 0.25) is 0 Å². The Morgan fingerprint density at radius 3 is 2.04 bits per heavy atom. The highest BCUT2D eigenvalue weighted by Gasteiger charge is 2.10. The first-order valence-corrected chi connectivity index (χ1v) is 6.73. The maximum absolute atomic E-state index is 12.1. The lowest BCUT2D eigenvalue weighted by Crippen LogP contribution is -2.14. The van der Waals surface area contributed by atoms with Crippen molar-refractivity contribution in [1.29, 1.82) is 0 Å². The molecule has 0 bridgehead atoms. The Labute approximate surface area is 132 Å². The van der Waals surface area contributed by atoms with Crippen LogP contribution in [0.15, 0.2) is 42.6 Å². The van der Waals surface area contributed by atoms with Crippen molar-refractivity contribution in [2.45, 2.75) is 6.92 Å². The number of anilines is 2. The maximum atomic E-state index is 12.1. The van der Waals surface area contributed by atoms with Gasteiger partial charge in [0.15, 0.2) is 0 Å². The zero-order valence-electron chi connectivity index (χ0n) is 12.6. The Hall–Kier alpha value is -3.22. The number of carbonyl (C=O) groups is 3. The molecule has 118 valence electrons. The molecule has 0 spiro atoms. The van der Waals surface area contributed by atoms with Crippen molar-refractivity contribution >= 4 is 29.2 Å². The number of hydrogen-bond acceptors (Lipinski definition) is 5. The van der Waals surface area contributed by atoms with E-state index in [9.17, 15) is 14.4 Å². The summed E-state index contributed by atoms with van der Waals surface area (Å²) < 4.78 is 4.56. The molecule has 1 aromatic carbocycles. The fraction of sp³-hybridized carbons (Fsp3) is 0.125. The van der Waals surface area contributed by atoms with Crippen LogP contribution in [-0.4, -0.2) is 29.9 Å². The number of nitrogens with one attached hydrogen (secondary N) is 2. The fourth-order valence-corrected chi connectivity index (χ4v) is 1.80. The van der Waals surface area contributed by atoms with Gasteiger partial charge in [-0.05, 0) is 36.4 Å². The number of ether oxygens (including phenoxy) is 1. The van der Waals surface area contributed by atoms with E-state index in [1.807, 2.05) is 0 Å². The predicted octanol–water partition coefficient (Wildman–Crippen LogP) is 2.08. The summed E-state index contributed by atoms with van der Waals surface area (Å²) in [6.45, 7) is 1.42. The molecule has 1 heterocycles. The Morgan fingerprint density at radius 2 is 1.57 bits per heavy atom. The average molecular weight is 313 g/mol. The molecule has 0 unspecified atom stereocenters. The number of nitrogens with zero attached hydrogens (tertiary/aromatic N) is 1. The molecule has 2 N–H and O–H groups in total. The van der Waals surface area contributed by atoms with E-state index in [0.717, 1.165) is 0 Å². The average Bonchev–Trinajstić information content (AvgIpc) is 2.55. The molecular weight excluding hydrogens is 298 g/mol. The van der Waals surface area contributed by atoms with E-state index in [1.165, 1.54) is 32.4 Å². The van der Waals surface area contributed by atoms with Crippen LogP contribution in [0.3, 0.4) is 0 Å². The third-order valence-corrected chi connectivity index (χ3v) is 2.88. The van der Waals surface area contributed by atoms with Crippen LogP contribution in [0.1, 0.15) is 27.8 Å². The standard InChI is InChI=1S/C16H15N3O4/c1-10(20)18-12-4-6-13(7-5-12)19-15(21)14-8-3-11(9-17-14)16(22)23-2/h3-9H,1-2H3,(H,18,20)(H,19,21). The van der Waals surface area contributed by atoms with E-state index >= 15 is 0 Å². The molecule has 0 fully saturated rings. The second-order valence-electron chi connectivity index (χ2n) is 4.64. The summed E-state index contributed by atoms with van der Waals surface area (Å²) in [7, 11) is 1.27. The van der Waals surface area contributed by atoms with Crippen molar-refractivity contribution in [3.63, 3.8) is 0 Å². The van der Waals surface area contributed by atoms with Gasteiger partial charge in [0.05, 0.1) is 12.7 Å². The van der Waals surface area contributed by atoms with Crippen LogP contribution >= 0.6 is 0 Å². The summed E-state index contributed by atoms with van der Waals surface area (Å²) in [6.07, 6.45) is 1.28. The highest BCUT2D eigenvalue weighted by atomic mass is 16.5. The van der Waals surface area contributed by atoms with E-state index in [4.69, 9.17) is 0 Å². The molecule has 7 heteroatoms. The number of pyridine rings is 1. The van der Waals surface area contributed by atoms with Gasteiger partial charge in [0.2, 0.25) is 5.91 Å². The van der Waals surface area contributed by atoms with E-state index in [-0.39, 0.29) is 17.2 Å². The van der Waals surface area contributed by atoms with Crippen molar-refractivity contribution in [2.24, 2.45) is 0 Å². The van der Waals surface area contributed by atoms with Crippen LogP contribution in [0.25, 0.3) is 0 Å². The Morgan fingerprint density at radius 1 is 0.957 bits per heavy atom. The number of rotatable bonds is 4. The SMILES string of the molecule is COC(=O)c1ccc(C(=O)Nc2ccc(NC(C)=O)cc2)nc1. The summed E-state index contributed by atoms with van der Waals surface area (Å²) in [5.74, 6) is -1.09. The smallest absolute Gasteiger partial charge is 0.339 e. The lowest BCUT2D eigenvalue weighted by atomic mass is 10.2. The number of amides is 2. The maximum Gasteiger partial charge on any atom is 0.339 e. The first-order valence-electron chi connectivity index (χ1n) is 6.73. The molecule has 7 nitrogen and oxygen atoms in total. The minimum Gasteiger partial charge on any atom is -0.465 e. The van der Waals surface area contributed by atoms with Crippen molar-refractivity contribution in [2.75, 3.05) is 17.7 Å². The Bertz CT molecular complexity index is 724. The second kappa shape index (κ2) is 7.17. The van der Waals surface area contributed by atoms with Gasteiger partial charge in [0.1, 0.15) is 5.69 Å². The number of carbonyl (C=O) groups excluding carboxylic acids is 3. The van der Waals surface area contributed by atoms with Crippen molar-refractivity contribution < 1.29 is 19.1 Å². The lowest BCUT2D eigenvalue weighted by molar-refractivity contribution is -0.114. The third kappa shape index (κ3) is 4.37. The van der Waals surface area contributed by atoms with Crippen LogP contribution in [0, 0.1) is 0 Å². The molecule has 2 rings (SSSR count). The van der Waals surface area contributed by atoms with Gasteiger partial charge in [-0.15, -0.1) is 0 Å². The number of benzene rings is 1. The molecule has 2 aromatic rings. The summed E-state index contributed by atoms with van der Waals surface area (Å²) >= 11 is 0. The molecule has 2 amide bonds. The molecule has 0 saturated heterocycles. The molecule has 23 heavy (non-hydrogen) atoms. The van der Waals surface area contributed by atoms with E-state index in [1.54, 1.807) is 24.3 Å². The number of aromatic nitrogens is 1. The van der Waals surface area contributed by atoms with E-state index in [2.05, 4.69) is 20.4 Å². The van der Waals surface area contributed by atoms with Crippen molar-refractivity contribution in [3.05, 3.63) is 53.9 Å². The zero-order chi connectivity index (χ0) is 16.8. The lowest BCUT2D eigenvalue weighted by Gasteiger charge is -2.07. The van der Waals surface area contributed by atoms with Gasteiger partial charge < -0.3 is 15.4 Å².